The number of hydrogen-bond acceptors (Lipinski definition) is 3. The molecule has 0 fully saturated rings. The number of anilines is 1. The molecule has 0 spiro atoms. The number of hydrogen-bond donors (Lipinski definition) is 2. The first-order valence-corrected chi connectivity index (χ1v) is 6.69. The standard InChI is InChI=1S/C15H20N4O/c1-4-19-14(8-10(2)18-19)15(20)17-9-12-6-5-7-13(16)11(12)3/h5-8H,4,9,16H2,1-3H3,(H,17,20). The van der Waals surface area contributed by atoms with Crippen molar-refractivity contribution in [2.75, 3.05) is 5.73 Å². The fraction of sp³-hybridized carbons (Fsp3) is 0.333. The lowest BCUT2D eigenvalue weighted by Gasteiger charge is -2.10. The van der Waals surface area contributed by atoms with E-state index in [0.717, 1.165) is 22.5 Å². The molecule has 3 N–H and O–H groups in total. The van der Waals surface area contributed by atoms with Gasteiger partial charge in [-0.3, -0.25) is 9.48 Å². The van der Waals surface area contributed by atoms with Gasteiger partial charge in [-0.1, -0.05) is 12.1 Å². The highest BCUT2D eigenvalue weighted by Crippen LogP contribution is 2.15. The van der Waals surface area contributed by atoms with Crippen molar-refractivity contribution in [3.8, 4) is 0 Å². The van der Waals surface area contributed by atoms with E-state index in [4.69, 9.17) is 5.73 Å². The smallest absolute Gasteiger partial charge is 0.269 e. The van der Waals surface area contributed by atoms with Crippen LogP contribution in [0.15, 0.2) is 24.3 Å². The molecule has 20 heavy (non-hydrogen) atoms. The molecule has 1 aromatic carbocycles. The van der Waals surface area contributed by atoms with Gasteiger partial charge in [0.1, 0.15) is 5.69 Å². The van der Waals surface area contributed by atoms with E-state index >= 15 is 0 Å². The summed E-state index contributed by atoms with van der Waals surface area (Å²) in [5, 5.41) is 7.19. The minimum Gasteiger partial charge on any atom is -0.399 e. The molecular weight excluding hydrogens is 252 g/mol. The highest BCUT2D eigenvalue weighted by molar-refractivity contribution is 5.92. The predicted molar refractivity (Wildman–Crippen MR) is 79.4 cm³/mol. The van der Waals surface area contributed by atoms with Crippen molar-refractivity contribution in [1.82, 2.24) is 15.1 Å². The van der Waals surface area contributed by atoms with E-state index in [1.54, 1.807) is 10.7 Å². The molecule has 106 valence electrons. The molecule has 2 rings (SSSR count). The summed E-state index contributed by atoms with van der Waals surface area (Å²) in [5.74, 6) is -0.116. The number of benzene rings is 1. The third-order valence-electron chi connectivity index (χ3n) is 3.36. The van der Waals surface area contributed by atoms with Gasteiger partial charge in [-0.05, 0) is 44.0 Å². The fourth-order valence-corrected chi connectivity index (χ4v) is 2.13. The SMILES string of the molecule is CCn1nc(C)cc1C(=O)NCc1cccc(N)c1C. The average molecular weight is 272 g/mol. The lowest BCUT2D eigenvalue weighted by molar-refractivity contribution is 0.0940. The van der Waals surface area contributed by atoms with E-state index in [1.807, 2.05) is 39.0 Å². The van der Waals surface area contributed by atoms with Crippen molar-refractivity contribution in [2.45, 2.75) is 33.9 Å². The van der Waals surface area contributed by atoms with Crippen LogP contribution in [0, 0.1) is 13.8 Å². The molecule has 0 aliphatic carbocycles. The maximum atomic E-state index is 12.2. The number of carbonyl (C=O) groups is 1. The second-order valence-corrected chi connectivity index (χ2v) is 4.80. The summed E-state index contributed by atoms with van der Waals surface area (Å²) >= 11 is 0. The summed E-state index contributed by atoms with van der Waals surface area (Å²) < 4.78 is 1.71. The highest BCUT2D eigenvalue weighted by atomic mass is 16.2. The van der Waals surface area contributed by atoms with Crippen LogP contribution in [0.4, 0.5) is 5.69 Å². The first kappa shape index (κ1) is 14.1. The number of aryl methyl sites for hydroxylation is 2. The number of nitrogens with zero attached hydrogens (tertiary/aromatic N) is 2. The number of nitrogen functional groups attached to an aromatic ring is 1. The number of rotatable bonds is 4. The number of amides is 1. The first-order valence-electron chi connectivity index (χ1n) is 6.69. The van der Waals surface area contributed by atoms with Gasteiger partial charge in [0.2, 0.25) is 0 Å². The van der Waals surface area contributed by atoms with E-state index in [0.29, 0.717) is 18.8 Å². The molecule has 0 saturated heterocycles. The van der Waals surface area contributed by atoms with E-state index in [-0.39, 0.29) is 5.91 Å². The molecule has 1 amide bonds. The number of aromatic nitrogens is 2. The quantitative estimate of drug-likeness (QED) is 0.836. The third kappa shape index (κ3) is 2.82. The first-order chi connectivity index (χ1) is 9.52. The highest BCUT2D eigenvalue weighted by Gasteiger charge is 2.13. The van der Waals surface area contributed by atoms with Gasteiger partial charge in [0.15, 0.2) is 0 Å². The minimum atomic E-state index is -0.116. The Morgan fingerprint density at radius 1 is 1.40 bits per heavy atom. The topological polar surface area (TPSA) is 72.9 Å². The van der Waals surface area contributed by atoms with Crippen LogP contribution in [0.5, 0.6) is 0 Å². The molecule has 0 aliphatic heterocycles. The van der Waals surface area contributed by atoms with Crippen molar-refractivity contribution in [3.05, 3.63) is 46.8 Å². The van der Waals surface area contributed by atoms with Crippen molar-refractivity contribution < 1.29 is 4.79 Å². The second-order valence-electron chi connectivity index (χ2n) is 4.80. The monoisotopic (exact) mass is 272 g/mol. The van der Waals surface area contributed by atoms with E-state index in [9.17, 15) is 4.79 Å². The zero-order valence-electron chi connectivity index (χ0n) is 12.1. The van der Waals surface area contributed by atoms with Crippen LogP contribution >= 0.6 is 0 Å². The molecule has 5 nitrogen and oxygen atoms in total. The molecule has 0 saturated carbocycles. The summed E-state index contributed by atoms with van der Waals surface area (Å²) in [6.45, 7) is 6.94. The number of carbonyl (C=O) groups excluding carboxylic acids is 1. The van der Waals surface area contributed by atoms with Crippen LogP contribution in [0.3, 0.4) is 0 Å². The molecule has 0 unspecified atom stereocenters. The molecule has 5 heteroatoms. The average Bonchev–Trinajstić information content (AvgIpc) is 2.81. The largest absolute Gasteiger partial charge is 0.399 e. The normalized spacial score (nSPS) is 10.6. The third-order valence-corrected chi connectivity index (χ3v) is 3.36. The van der Waals surface area contributed by atoms with Crippen LogP contribution in [-0.4, -0.2) is 15.7 Å². The Morgan fingerprint density at radius 3 is 2.85 bits per heavy atom. The minimum absolute atomic E-state index is 0.116. The van der Waals surface area contributed by atoms with Gasteiger partial charge in [-0.25, -0.2) is 0 Å². The predicted octanol–water partition coefficient (Wildman–Crippen LogP) is 2.03. The van der Waals surface area contributed by atoms with Gasteiger partial charge >= 0.3 is 0 Å². The molecule has 0 aliphatic rings. The Hall–Kier alpha value is -2.30. The Kier molecular flexibility index (Phi) is 4.08. The van der Waals surface area contributed by atoms with Crippen molar-refractivity contribution >= 4 is 11.6 Å². The Labute approximate surface area is 118 Å². The summed E-state index contributed by atoms with van der Waals surface area (Å²) in [7, 11) is 0. The van der Waals surface area contributed by atoms with Crippen molar-refractivity contribution in [1.29, 1.82) is 0 Å². The summed E-state index contributed by atoms with van der Waals surface area (Å²) in [6, 6.07) is 7.51. The van der Waals surface area contributed by atoms with Crippen molar-refractivity contribution in [2.24, 2.45) is 0 Å². The number of nitrogens with two attached hydrogens (primary N) is 1. The lowest BCUT2D eigenvalue weighted by Crippen LogP contribution is -2.26. The maximum Gasteiger partial charge on any atom is 0.269 e. The molecular formula is C15H20N4O. The molecule has 0 atom stereocenters. The van der Waals surface area contributed by atoms with E-state index in [2.05, 4.69) is 10.4 Å². The van der Waals surface area contributed by atoms with Crippen molar-refractivity contribution in [3.63, 3.8) is 0 Å². The Morgan fingerprint density at radius 2 is 2.15 bits per heavy atom. The zero-order valence-corrected chi connectivity index (χ0v) is 12.1. The molecule has 1 heterocycles. The van der Waals surface area contributed by atoms with Crippen LogP contribution < -0.4 is 11.1 Å². The van der Waals surface area contributed by atoms with E-state index in [1.165, 1.54) is 0 Å². The molecule has 2 aromatic rings. The summed E-state index contributed by atoms with van der Waals surface area (Å²) in [5.41, 5.74) is 10.1. The molecule has 0 bridgehead atoms. The Bertz CT molecular complexity index is 631. The van der Waals surface area contributed by atoms with Gasteiger partial charge in [-0.15, -0.1) is 0 Å². The van der Waals surface area contributed by atoms with Crippen LogP contribution in [-0.2, 0) is 13.1 Å². The fourth-order valence-electron chi connectivity index (χ4n) is 2.13. The summed E-state index contributed by atoms with van der Waals surface area (Å²) in [4.78, 5) is 12.2. The van der Waals surface area contributed by atoms with Gasteiger partial charge < -0.3 is 11.1 Å². The van der Waals surface area contributed by atoms with Gasteiger partial charge in [-0.2, -0.15) is 5.10 Å². The Balaban J connectivity index is 2.10. The van der Waals surface area contributed by atoms with E-state index < -0.39 is 0 Å². The van der Waals surface area contributed by atoms with Gasteiger partial charge in [0.05, 0.1) is 5.69 Å². The molecule has 0 radical (unpaired) electrons. The lowest BCUT2D eigenvalue weighted by atomic mass is 10.1. The summed E-state index contributed by atoms with van der Waals surface area (Å²) in [6.07, 6.45) is 0. The maximum absolute atomic E-state index is 12.2. The molecule has 1 aromatic heterocycles. The van der Waals surface area contributed by atoms with Gasteiger partial charge in [0.25, 0.3) is 5.91 Å². The van der Waals surface area contributed by atoms with Crippen LogP contribution in [0.25, 0.3) is 0 Å². The van der Waals surface area contributed by atoms with Crippen LogP contribution in [0.1, 0.15) is 34.2 Å². The zero-order chi connectivity index (χ0) is 14.7. The van der Waals surface area contributed by atoms with Crippen LogP contribution in [0.2, 0.25) is 0 Å². The van der Waals surface area contributed by atoms with Gasteiger partial charge in [0, 0.05) is 18.8 Å². The second kappa shape index (κ2) is 5.77. The number of nitrogens with one attached hydrogen (secondary N) is 1.